The van der Waals surface area contributed by atoms with Crippen molar-refractivity contribution in [1.29, 1.82) is 0 Å². The Morgan fingerprint density at radius 2 is 1.88 bits per heavy atom. The van der Waals surface area contributed by atoms with Crippen LogP contribution in [0.5, 0.6) is 0 Å². The summed E-state index contributed by atoms with van der Waals surface area (Å²) >= 11 is 0. The Bertz CT molecular complexity index is 148. The zero-order chi connectivity index (χ0) is 6.78. The van der Waals surface area contributed by atoms with Gasteiger partial charge < -0.3 is 0 Å². The van der Waals surface area contributed by atoms with Crippen LogP contribution in [-0.2, 0) is 15.1 Å². The summed E-state index contributed by atoms with van der Waals surface area (Å²) in [6.45, 7) is 1.22. The second kappa shape index (κ2) is 2.43. The third-order valence-corrected chi connectivity index (χ3v) is 1.14. The molecular weight excluding hydrogens is 130 g/mol. The molecule has 1 N–H and O–H groups in total. The Morgan fingerprint density at radius 1 is 1.50 bits per heavy atom. The van der Waals surface area contributed by atoms with E-state index in [1.54, 1.807) is 4.72 Å². The molecule has 0 aliphatic heterocycles. The van der Waals surface area contributed by atoms with E-state index in [0.29, 0.717) is 0 Å². The van der Waals surface area contributed by atoms with Crippen LogP contribution in [0.25, 0.3) is 0 Å². The van der Waals surface area contributed by atoms with Crippen molar-refractivity contribution in [3.63, 3.8) is 0 Å². The van der Waals surface area contributed by atoms with Gasteiger partial charge in [-0.25, -0.2) is 13.5 Å². The predicted molar refractivity (Wildman–Crippen MR) is 28.1 cm³/mol. The van der Waals surface area contributed by atoms with Crippen LogP contribution in [0.1, 0.15) is 6.92 Å². The van der Waals surface area contributed by atoms with E-state index in [0.717, 1.165) is 6.26 Å². The molecule has 1 unspecified atom stereocenters. The van der Waals surface area contributed by atoms with Gasteiger partial charge in [-0.15, -0.1) is 0 Å². The van der Waals surface area contributed by atoms with Crippen LogP contribution in [0, 0.1) is 0 Å². The number of hydrogen-bond donors (Lipinski definition) is 1. The van der Waals surface area contributed by atoms with Crippen LogP contribution in [0.4, 0.5) is 0 Å². The van der Waals surface area contributed by atoms with Crippen LogP contribution in [-0.4, -0.2) is 20.9 Å². The standard InChI is InChI=1S/C3H8NO3S/c1-3(5)4-8(2,6)7/h3-4H,1-2H3. The van der Waals surface area contributed by atoms with Gasteiger partial charge >= 0.3 is 0 Å². The van der Waals surface area contributed by atoms with E-state index in [2.05, 4.69) is 0 Å². The van der Waals surface area contributed by atoms with Crippen molar-refractivity contribution >= 4 is 10.0 Å². The molecule has 0 aliphatic rings. The van der Waals surface area contributed by atoms with E-state index in [-0.39, 0.29) is 0 Å². The summed E-state index contributed by atoms with van der Waals surface area (Å²) in [7, 11) is -3.29. The van der Waals surface area contributed by atoms with Gasteiger partial charge in [0.1, 0.15) is 0 Å². The maximum Gasteiger partial charge on any atom is 0.210 e. The molecule has 1 atom stereocenters. The van der Waals surface area contributed by atoms with E-state index >= 15 is 0 Å². The summed E-state index contributed by atoms with van der Waals surface area (Å²) in [5, 5.41) is 10.1. The van der Waals surface area contributed by atoms with E-state index < -0.39 is 16.3 Å². The topological polar surface area (TPSA) is 66.1 Å². The summed E-state index contributed by atoms with van der Waals surface area (Å²) in [4.78, 5) is 0. The first-order valence-electron chi connectivity index (χ1n) is 2.05. The first-order chi connectivity index (χ1) is 3.42. The molecular formula is C3H8NO3S. The Morgan fingerprint density at radius 3 is 1.88 bits per heavy atom. The van der Waals surface area contributed by atoms with Gasteiger partial charge in [-0.05, 0) is 6.92 Å². The van der Waals surface area contributed by atoms with Gasteiger partial charge in [0.2, 0.25) is 10.0 Å². The molecule has 0 amide bonds. The van der Waals surface area contributed by atoms with Crippen molar-refractivity contribution in [1.82, 2.24) is 4.72 Å². The SMILES string of the molecule is CC([O])NS(C)(=O)=O. The normalized spacial score (nSPS) is 15.9. The molecule has 5 heteroatoms. The van der Waals surface area contributed by atoms with Gasteiger partial charge in [-0.1, -0.05) is 0 Å². The lowest BCUT2D eigenvalue weighted by atomic mass is 10.7. The van der Waals surface area contributed by atoms with Crippen LogP contribution in [0.3, 0.4) is 0 Å². The van der Waals surface area contributed by atoms with Crippen LogP contribution < -0.4 is 4.72 Å². The fraction of sp³-hybridized carbons (Fsp3) is 1.00. The van der Waals surface area contributed by atoms with E-state index in [4.69, 9.17) is 0 Å². The molecule has 4 nitrogen and oxygen atoms in total. The van der Waals surface area contributed by atoms with Gasteiger partial charge in [0, 0.05) is 0 Å². The van der Waals surface area contributed by atoms with Gasteiger partial charge in [0.05, 0.1) is 6.26 Å². The second-order valence-corrected chi connectivity index (χ2v) is 3.31. The third-order valence-electron chi connectivity index (χ3n) is 0.380. The van der Waals surface area contributed by atoms with Crippen molar-refractivity contribution in [2.45, 2.75) is 13.2 Å². The highest BCUT2D eigenvalue weighted by Gasteiger charge is 2.03. The average molecular weight is 138 g/mol. The van der Waals surface area contributed by atoms with Crippen molar-refractivity contribution < 1.29 is 13.5 Å². The zero-order valence-corrected chi connectivity index (χ0v) is 5.53. The molecule has 8 heavy (non-hydrogen) atoms. The smallest absolute Gasteiger partial charge is 0.210 e. The van der Waals surface area contributed by atoms with Crippen molar-refractivity contribution in [2.24, 2.45) is 0 Å². The molecule has 0 saturated heterocycles. The largest absolute Gasteiger partial charge is 0.215 e. The fourth-order valence-corrected chi connectivity index (χ4v) is 0.904. The highest BCUT2D eigenvalue weighted by atomic mass is 32.2. The summed E-state index contributed by atoms with van der Waals surface area (Å²) in [6, 6.07) is 0. The van der Waals surface area contributed by atoms with Crippen molar-refractivity contribution in [3.05, 3.63) is 0 Å². The predicted octanol–water partition coefficient (Wildman–Crippen LogP) is -0.688. The minimum absolute atomic E-state index is 0.946. The molecule has 0 aliphatic carbocycles. The Balaban J connectivity index is 3.75. The third kappa shape index (κ3) is 5.87. The van der Waals surface area contributed by atoms with Gasteiger partial charge in [0.15, 0.2) is 6.23 Å². The van der Waals surface area contributed by atoms with Crippen LogP contribution in [0.15, 0.2) is 0 Å². The summed E-state index contributed by atoms with van der Waals surface area (Å²) in [5.74, 6) is 0. The molecule has 0 aromatic rings. The lowest BCUT2D eigenvalue weighted by molar-refractivity contribution is 0.0964. The van der Waals surface area contributed by atoms with Gasteiger partial charge in [-0.2, -0.15) is 4.72 Å². The average Bonchev–Trinajstić information content (AvgIpc) is 1.21. The maximum absolute atomic E-state index is 10.1. The first-order valence-corrected chi connectivity index (χ1v) is 3.94. The summed E-state index contributed by atoms with van der Waals surface area (Å²) in [6.07, 6.45) is -0.300. The van der Waals surface area contributed by atoms with Gasteiger partial charge in [0.25, 0.3) is 0 Å². The molecule has 0 rings (SSSR count). The van der Waals surface area contributed by atoms with Crippen LogP contribution in [0.2, 0.25) is 0 Å². The van der Waals surface area contributed by atoms with E-state index in [9.17, 15) is 13.5 Å². The first kappa shape index (κ1) is 7.87. The number of rotatable bonds is 2. The Kier molecular flexibility index (Phi) is 2.39. The summed E-state index contributed by atoms with van der Waals surface area (Å²) in [5.41, 5.74) is 0. The molecule has 1 radical (unpaired) electrons. The number of sulfonamides is 1. The molecule has 0 aromatic heterocycles. The highest BCUT2D eigenvalue weighted by Crippen LogP contribution is 1.77. The molecule has 0 aromatic carbocycles. The zero-order valence-electron chi connectivity index (χ0n) is 4.71. The van der Waals surface area contributed by atoms with Crippen molar-refractivity contribution in [2.75, 3.05) is 6.26 Å². The van der Waals surface area contributed by atoms with Crippen molar-refractivity contribution in [3.8, 4) is 0 Å². The Hall–Kier alpha value is -0.130. The lowest BCUT2D eigenvalue weighted by Crippen LogP contribution is -2.29. The second-order valence-electron chi connectivity index (χ2n) is 1.53. The minimum atomic E-state index is -3.29. The molecule has 0 bridgehead atoms. The summed E-state index contributed by atoms with van der Waals surface area (Å²) < 4.78 is 22.1. The fourth-order valence-electron chi connectivity index (χ4n) is 0.301. The molecule has 0 fully saturated rings. The molecule has 0 spiro atoms. The maximum atomic E-state index is 10.1. The molecule has 0 heterocycles. The molecule has 49 valence electrons. The van der Waals surface area contributed by atoms with E-state index in [1.807, 2.05) is 0 Å². The number of hydrogen-bond acceptors (Lipinski definition) is 2. The molecule has 0 saturated carbocycles. The minimum Gasteiger partial charge on any atom is -0.215 e. The van der Waals surface area contributed by atoms with E-state index in [1.165, 1.54) is 6.92 Å². The van der Waals surface area contributed by atoms with Crippen LogP contribution >= 0.6 is 0 Å². The quantitative estimate of drug-likeness (QED) is 0.513. The lowest BCUT2D eigenvalue weighted by Gasteiger charge is -1.99. The Labute approximate surface area is 48.6 Å². The van der Waals surface area contributed by atoms with Gasteiger partial charge in [-0.3, -0.25) is 0 Å². The monoisotopic (exact) mass is 138 g/mol. The highest BCUT2D eigenvalue weighted by molar-refractivity contribution is 7.88. The number of nitrogens with one attached hydrogen (secondary N) is 1.